The van der Waals surface area contributed by atoms with E-state index in [9.17, 15) is 13.2 Å². The van der Waals surface area contributed by atoms with Crippen molar-refractivity contribution in [1.82, 2.24) is 14.2 Å². The third-order valence-electron chi connectivity index (χ3n) is 7.99. The Bertz CT molecular complexity index is 1790. The van der Waals surface area contributed by atoms with Crippen molar-refractivity contribution in [1.29, 1.82) is 0 Å². The number of amides is 1. The van der Waals surface area contributed by atoms with Gasteiger partial charge in [0.25, 0.3) is 0 Å². The molecule has 230 valence electrons. The molecule has 1 saturated heterocycles. The molecule has 3 atom stereocenters. The Labute approximate surface area is 268 Å². The van der Waals surface area contributed by atoms with E-state index in [1.807, 2.05) is 83.8 Å². The molecular formula is C35H34N4O4S2. The minimum atomic E-state index is -1.73. The largest absolute Gasteiger partial charge is 0.397 e. The van der Waals surface area contributed by atoms with Crippen LogP contribution in [-0.4, -0.2) is 67.8 Å². The number of likely N-dealkylation sites (N-methyl/N-ethyl adjacent to an activating group) is 1. The van der Waals surface area contributed by atoms with E-state index >= 15 is 0 Å². The molecule has 6 rings (SSSR count). The predicted molar refractivity (Wildman–Crippen MR) is 179 cm³/mol. The number of piperazine rings is 1. The summed E-state index contributed by atoms with van der Waals surface area (Å²) >= 11 is -1.73. The zero-order valence-corrected chi connectivity index (χ0v) is 26.5. The van der Waals surface area contributed by atoms with E-state index < -0.39 is 28.1 Å². The first-order valence-electron chi connectivity index (χ1n) is 14.8. The maximum atomic E-state index is 14.1. The van der Waals surface area contributed by atoms with Gasteiger partial charge in [0.15, 0.2) is 0 Å². The summed E-state index contributed by atoms with van der Waals surface area (Å²) in [5, 5.41) is 1.71. The molecule has 1 aliphatic rings. The van der Waals surface area contributed by atoms with E-state index in [1.54, 1.807) is 41.9 Å². The van der Waals surface area contributed by atoms with Crippen LogP contribution in [0.5, 0.6) is 5.75 Å². The summed E-state index contributed by atoms with van der Waals surface area (Å²) in [6.07, 6.45) is 3.75. The molecule has 1 aromatic heterocycles. The number of rotatable bonds is 10. The van der Waals surface area contributed by atoms with Crippen LogP contribution in [0.1, 0.15) is 5.56 Å². The van der Waals surface area contributed by atoms with Crippen molar-refractivity contribution in [3.8, 4) is 5.75 Å². The summed E-state index contributed by atoms with van der Waals surface area (Å²) in [5.41, 5.74) is 2.02. The summed E-state index contributed by atoms with van der Waals surface area (Å²) in [6, 6.07) is 33.3. The number of aromatic nitrogens is 1. The average Bonchev–Trinajstić information content (AvgIpc) is 3.11. The van der Waals surface area contributed by atoms with Gasteiger partial charge in [-0.3, -0.25) is 9.78 Å². The normalized spacial score (nSPS) is 15.5. The Morgan fingerprint density at radius 2 is 1.53 bits per heavy atom. The molecule has 45 heavy (non-hydrogen) atoms. The van der Waals surface area contributed by atoms with Crippen molar-refractivity contribution in [3.63, 3.8) is 0 Å². The molecule has 1 amide bonds. The van der Waals surface area contributed by atoms with Gasteiger partial charge in [0, 0.05) is 62.1 Å². The summed E-state index contributed by atoms with van der Waals surface area (Å²) < 4.78 is 34.2. The minimum absolute atomic E-state index is 0.0543. The van der Waals surface area contributed by atoms with E-state index in [0.29, 0.717) is 35.1 Å². The van der Waals surface area contributed by atoms with Crippen LogP contribution in [0.3, 0.4) is 0 Å². The van der Waals surface area contributed by atoms with Crippen LogP contribution in [0.25, 0.3) is 10.8 Å². The van der Waals surface area contributed by atoms with E-state index in [-0.39, 0.29) is 5.91 Å². The summed E-state index contributed by atoms with van der Waals surface area (Å²) in [7, 11) is 0.210. The van der Waals surface area contributed by atoms with Gasteiger partial charge in [-0.1, -0.05) is 60.7 Å². The average molecular weight is 639 g/mol. The van der Waals surface area contributed by atoms with Crippen LogP contribution in [0.4, 0.5) is 5.69 Å². The fourth-order valence-electron chi connectivity index (χ4n) is 5.50. The van der Waals surface area contributed by atoms with Crippen molar-refractivity contribution in [3.05, 3.63) is 127 Å². The number of carbonyl (C=O) groups excluding carboxylic acids is 1. The topological polar surface area (TPSA) is 83.1 Å². The lowest BCUT2D eigenvalue weighted by molar-refractivity contribution is -0.135. The van der Waals surface area contributed by atoms with E-state index in [2.05, 4.69) is 22.0 Å². The second-order valence-electron chi connectivity index (χ2n) is 10.8. The van der Waals surface area contributed by atoms with Crippen molar-refractivity contribution in [2.24, 2.45) is 0 Å². The van der Waals surface area contributed by atoms with Crippen molar-refractivity contribution in [2.75, 3.05) is 38.1 Å². The first kappa shape index (κ1) is 30.6. The Kier molecular flexibility index (Phi) is 9.63. The first-order chi connectivity index (χ1) is 22.0. The van der Waals surface area contributed by atoms with Crippen LogP contribution in [0.15, 0.2) is 131 Å². The molecule has 5 aromatic rings. The highest BCUT2D eigenvalue weighted by atomic mass is 32.2. The number of hydrogen-bond donors (Lipinski definition) is 0. The zero-order valence-electron chi connectivity index (χ0n) is 24.9. The Morgan fingerprint density at radius 1 is 0.844 bits per heavy atom. The molecule has 3 unspecified atom stereocenters. The molecule has 4 aromatic carbocycles. The highest BCUT2D eigenvalue weighted by Gasteiger charge is 2.33. The SMILES string of the molecule is CN(C(Cc1ccc(OS(=O)c2cccc3cnccc23)cc1)C(=O)N1CCN(c2ccccc2)CC1)S(=O)c1ccccc1. The number of pyridine rings is 1. The van der Waals surface area contributed by atoms with E-state index in [4.69, 9.17) is 4.18 Å². The molecule has 0 bridgehead atoms. The standard InChI is InChI=1S/C35H34N4O4S2/c1-37(44(41)31-12-6-3-7-13-31)33(35(40)39-23-21-38(22-24-39)29-10-4-2-5-11-29)25-27-15-17-30(18-16-27)43-45(42)34-14-8-9-28-26-36-20-19-32(28)34/h2-20,26,33H,21-25H2,1H3. The van der Waals surface area contributed by atoms with Gasteiger partial charge >= 0.3 is 0 Å². The molecular weight excluding hydrogens is 605 g/mol. The molecule has 1 aliphatic heterocycles. The van der Waals surface area contributed by atoms with Gasteiger partial charge in [-0.2, -0.15) is 0 Å². The minimum Gasteiger partial charge on any atom is -0.397 e. The van der Waals surface area contributed by atoms with Gasteiger partial charge in [0.2, 0.25) is 17.0 Å². The fourth-order valence-corrected chi connectivity index (χ4v) is 7.55. The second-order valence-corrected chi connectivity index (χ2v) is 13.4. The number of fused-ring (bicyclic) bond motifs is 1. The maximum absolute atomic E-state index is 14.1. The molecule has 0 aliphatic carbocycles. The molecule has 0 spiro atoms. The van der Waals surface area contributed by atoms with Crippen LogP contribution in [0.2, 0.25) is 0 Å². The Hall–Kier alpha value is -4.38. The summed E-state index contributed by atoms with van der Waals surface area (Å²) in [6.45, 7) is 2.62. The number of hydrogen-bond acceptors (Lipinski definition) is 6. The molecule has 0 N–H and O–H groups in total. The Morgan fingerprint density at radius 3 is 2.24 bits per heavy atom. The monoisotopic (exact) mass is 638 g/mol. The maximum Gasteiger partial charge on any atom is 0.241 e. The fraction of sp³-hybridized carbons (Fsp3) is 0.200. The van der Waals surface area contributed by atoms with E-state index in [1.165, 1.54) is 0 Å². The third-order valence-corrected chi connectivity index (χ3v) is 10.5. The summed E-state index contributed by atoms with van der Waals surface area (Å²) in [4.78, 5) is 23.6. The number of carbonyl (C=O) groups is 1. The molecule has 0 saturated carbocycles. The predicted octanol–water partition coefficient (Wildman–Crippen LogP) is 5.25. The van der Waals surface area contributed by atoms with Crippen LogP contribution >= 0.6 is 0 Å². The molecule has 10 heteroatoms. The molecule has 8 nitrogen and oxygen atoms in total. The smallest absolute Gasteiger partial charge is 0.241 e. The number of benzene rings is 4. The van der Waals surface area contributed by atoms with Gasteiger partial charge in [0.1, 0.15) is 22.8 Å². The van der Waals surface area contributed by atoms with Crippen LogP contribution in [0, 0.1) is 0 Å². The van der Waals surface area contributed by atoms with Crippen LogP contribution in [-0.2, 0) is 33.3 Å². The van der Waals surface area contributed by atoms with Crippen LogP contribution < -0.4 is 9.08 Å². The highest BCUT2D eigenvalue weighted by molar-refractivity contribution is 7.82. The van der Waals surface area contributed by atoms with Crippen molar-refractivity contribution in [2.45, 2.75) is 22.3 Å². The molecule has 1 fully saturated rings. The highest BCUT2D eigenvalue weighted by Crippen LogP contribution is 2.25. The second kappa shape index (κ2) is 14.2. The lowest BCUT2D eigenvalue weighted by atomic mass is 10.0. The van der Waals surface area contributed by atoms with Crippen molar-refractivity contribution >= 4 is 44.4 Å². The van der Waals surface area contributed by atoms with Gasteiger partial charge in [-0.05, 0) is 60.5 Å². The van der Waals surface area contributed by atoms with Gasteiger partial charge < -0.3 is 14.0 Å². The number of para-hydroxylation sites is 1. The first-order valence-corrected chi connectivity index (χ1v) is 17.0. The number of nitrogens with zero attached hydrogens (tertiary/aromatic N) is 4. The number of anilines is 1. The lowest BCUT2D eigenvalue weighted by Gasteiger charge is -2.39. The molecule has 0 radical (unpaired) electrons. The van der Waals surface area contributed by atoms with Gasteiger partial charge in [-0.15, -0.1) is 0 Å². The van der Waals surface area contributed by atoms with Gasteiger partial charge in [-0.25, -0.2) is 12.7 Å². The van der Waals surface area contributed by atoms with E-state index in [0.717, 1.165) is 35.1 Å². The zero-order chi connectivity index (χ0) is 31.2. The van der Waals surface area contributed by atoms with Gasteiger partial charge in [0.05, 0.1) is 9.79 Å². The third kappa shape index (κ3) is 7.14. The Balaban J connectivity index is 1.18. The quantitative estimate of drug-likeness (QED) is 0.208. The van der Waals surface area contributed by atoms with Crippen molar-refractivity contribution < 1.29 is 17.4 Å². The lowest BCUT2D eigenvalue weighted by Crippen LogP contribution is -2.55. The molecule has 2 heterocycles. The summed E-state index contributed by atoms with van der Waals surface area (Å²) in [5.74, 6) is 0.394.